The molecular weight excluding hydrogens is 254 g/mol. The fourth-order valence-corrected chi connectivity index (χ4v) is 1.67. The molecule has 0 aliphatic carbocycles. The van der Waals surface area contributed by atoms with Gasteiger partial charge in [0.05, 0.1) is 12.8 Å². The monoisotopic (exact) mass is 269 g/mol. The molecular formula is C16H15NO3. The van der Waals surface area contributed by atoms with E-state index in [0.29, 0.717) is 11.3 Å². The number of aliphatic imine (C=N–C) groups is 1. The Morgan fingerprint density at radius 2 is 1.80 bits per heavy atom. The van der Waals surface area contributed by atoms with Gasteiger partial charge < -0.3 is 9.84 Å². The largest absolute Gasteiger partial charge is 0.508 e. The van der Waals surface area contributed by atoms with Gasteiger partial charge in [-0.25, -0.2) is 0 Å². The molecule has 0 aliphatic rings. The Bertz CT molecular complexity index is 601. The second-order valence-electron chi connectivity index (χ2n) is 4.18. The van der Waals surface area contributed by atoms with Crippen LogP contribution in [0.4, 0.5) is 5.69 Å². The fourth-order valence-electron chi connectivity index (χ4n) is 1.67. The van der Waals surface area contributed by atoms with Crippen LogP contribution < -0.4 is 4.74 Å². The number of carbonyl (C=O) groups is 1. The lowest BCUT2D eigenvalue weighted by molar-refractivity contribution is 0.100. The molecule has 2 aromatic rings. The third-order valence-electron chi connectivity index (χ3n) is 2.78. The number of phenols is 1. The van der Waals surface area contributed by atoms with Crippen molar-refractivity contribution in [3.63, 3.8) is 0 Å². The molecule has 20 heavy (non-hydrogen) atoms. The summed E-state index contributed by atoms with van der Waals surface area (Å²) in [4.78, 5) is 16.1. The standard InChI is InChI=1S/C16H15NO3/c1-20-15-8-2-12(3-9-15)16(19)10-11-17-13-4-6-14(18)7-5-13/h2-9,11,18H,10H2,1H3. The summed E-state index contributed by atoms with van der Waals surface area (Å²) in [6.07, 6.45) is 1.80. The number of phenolic OH excluding ortho intramolecular Hbond substituents is 1. The highest BCUT2D eigenvalue weighted by atomic mass is 16.5. The first-order valence-corrected chi connectivity index (χ1v) is 6.18. The van der Waals surface area contributed by atoms with E-state index in [4.69, 9.17) is 9.84 Å². The van der Waals surface area contributed by atoms with Crippen molar-refractivity contribution < 1.29 is 14.6 Å². The van der Waals surface area contributed by atoms with E-state index in [9.17, 15) is 4.79 Å². The van der Waals surface area contributed by atoms with Crippen molar-refractivity contribution in [3.8, 4) is 11.5 Å². The van der Waals surface area contributed by atoms with E-state index < -0.39 is 0 Å². The molecule has 0 fully saturated rings. The molecule has 0 heterocycles. The summed E-state index contributed by atoms with van der Waals surface area (Å²) in [6, 6.07) is 13.4. The van der Waals surface area contributed by atoms with Crippen molar-refractivity contribution in [1.82, 2.24) is 0 Å². The molecule has 0 saturated carbocycles. The topological polar surface area (TPSA) is 58.9 Å². The highest BCUT2D eigenvalue weighted by Gasteiger charge is 2.03. The minimum absolute atomic E-state index is 0.00446. The molecule has 4 nitrogen and oxygen atoms in total. The van der Waals surface area contributed by atoms with Crippen LogP contribution in [0.5, 0.6) is 11.5 Å². The van der Waals surface area contributed by atoms with Gasteiger partial charge in [-0.15, -0.1) is 0 Å². The smallest absolute Gasteiger partial charge is 0.168 e. The maximum Gasteiger partial charge on any atom is 0.168 e. The van der Waals surface area contributed by atoms with Crippen LogP contribution >= 0.6 is 0 Å². The number of carbonyl (C=O) groups excluding carboxylic acids is 1. The Balaban J connectivity index is 1.95. The first kappa shape index (κ1) is 13.8. The van der Waals surface area contributed by atoms with E-state index >= 15 is 0 Å². The number of ketones is 1. The average molecular weight is 269 g/mol. The number of ether oxygens (including phenoxy) is 1. The summed E-state index contributed by atoms with van der Waals surface area (Å²) >= 11 is 0. The SMILES string of the molecule is COc1ccc(C(=O)CC=Nc2ccc(O)cc2)cc1. The van der Waals surface area contributed by atoms with Gasteiger partial charge in [0.25, 0.3) is 0 Å². The minimum atomic E-state index is -0.00446. The van der Waals surface area contributed by atoms with E-state index in [1.54, 1.807) is 61.9 Å². The number of benzene rings is 2. The Kier molecular flexibility index (Phi) is 4.50. The molecule has 102 valence electrons. The van der Waals surface area contributed by atoms with Crippen molar-refractivity contribution >= 4 is 17.7 Å². The molecule has 0 aliphatic heterocycles. The lowest BCUT2D eigenvalue weighted by Gasteiger charge is -2.01. The number of hydrogen-bond acceptors (Lipinski definition) is 4. The van der Waals surface area contributed by atoms with Crippen LogP contribution in [-0.2, 0) is 0 Å². The lowest BCUT2D eigenvalue weighted by atomic mass is 10.1. The number of methoxy groups -OCH3 is 1. The van der Waals surface area contributed by atoms with Crippen LogP contribution in [0.3, 0.4) is 0 Å². The zero-order chi connectivity index (χ0) is 14.4. The molecule has 0 radical (unpaired) electrons. The highest BCUT2D eigenvalue weighted by molar-refractivity contribution is 6.03. The van der Waals surface area contributed by atoms with Crippen LogP contribution in [0.1, 0.15) is 16.8 Å². The zero-order valence-corrected chi connectivity index (χ0v) is 11.1. The van der Waals surface area contributed by atoms with Crippen LogP contribution in [0, 0.1) is 0 Å². The van der Waals surface area contributed by atoms with Crippen LogP contribution in [0.2, 0.25) is 0 Å². The van der Waals surface area contributed by atoms with Crippen LogP contribution in [0.25, 0.3) is 0 Å². The summed E-state index contributed by atoms with van der Waals surface area (Å²) in [5, 5.41) is 9.15. The van der Waals surface area contributed by atoms with Gasteiger partial charge in [0.1, 0.15) is 11.5 Å². The van der Waals surface area contributed by atoms with Gasteiger partial charge in [0.2, 0.25) is 0 Å². The second kappa shape index (κ2) is 6.52. The Hall–Kier alpha value is -2.62. The molecule has 0 amide bonds. The van der Waals surface area contributed by atoms with Gasteiger partial charge in [-0.1, -0.05) is 0 Å². The lowest BCUT2D eigenvalue weighted by Crippen LogP contribution is -1.99. The summed E-state index contributed by atoms with van der Waals surface area (Å²) < 4.78 is 5.04. The Labute approximate surface area is 117 Å². The summed E-state index contributed by atoms with van der Waals surface area (Å²) in [6.45, 7) is 0. The van der Waals surface area contributed by atoms with E-state index in [0.717, 1.165) is 5.75 Å². The summed E-state index contributed by atoms with van der Waals surface area (Å²) in [5.74, 6) is 0.910. The predicted octanol–water partition coefficient (Wildman–Crippen LogP) is 3.38. The maximum absolute atomic E-state index is 11.9. The van der Waals surface area contributed by atoms with Crippen molar-refractivity contribution in [1.29, 1.82) is 0 Å². The molecule has 2 aromatic carbocycles. The fraction of sp³-hybridized carbons (Fsp3) is 0.125. The molecule has 2 rings (SSSR count). The van der Waals surface area contributed by atoms with Gasteiger partial charge in [-0.2, -0.15) is 0 Å². The van der Waals surface area contributed by atoms with Crippen molar-refractivity contribution in [2.75, 3.05) is 7.11 Å². The molecule has 0 unspecified atom stereocenters. The van der Waals surface area contributed by atoms with E-state index in [-0.39, 0.29) is 18.0 Å². The molecule has 0 bridgehead atoms. The van der Waals surface area contributed by atoms with Gasteiger partial charge >= 0.3 is 0 Å². The number of rotatable bonds is 5. The van der Waals surface area contributed by atoms with Gasteiger partial charge in [0.15, 0.2) is 5.78 Å². The highest BCUT2D eigenvalue weighted by Crippen LogP contribution is 2.16. The van der Waals surface area contributed by atoms with E-state index in [1.807, 2.05) is 0 Å². The summed E-state index contributed by atoms with van der Waals surface area (Å²) in [5.41, 5.74) is 1.33. The van der Waals surface area contributed by atoms with Crippen LogP contribution in [0.15, 0.2) is 53.5 Å². The van der Waals surface area contributed by atoms with Gasteiger partial charge in [0, 0.05) is 18.2 Å². The van der Waals surface area contributed by atoms with Gasteiger partial charge in [-0.3, -0.25) is 9.79 Å². The number of Topliss-reactive ketones (excluding diaryl/α,β-unsaturated/α-hetero) is 1. The van der Waals surface area contributed by atoms with E-state index in [2.05, 4.69) is 4.99 Å². The number of nitrogens with zero attached hydrogens (tertiary/aromatic N) is 1. The molecule has 0 atom stereocenters. The number of aromatic hydroxyl groups is 1. The Morgan fingerprint density at radius 3 is 2.40 bits per heavy atom. The average Bonchev–Trinajstić information content (AvgIpc) is 2.49. The third kappa shape index (κ3) is 3.68. The normalized spacial score (nSPS) is 10.7. The summed E-state index contributed by atoms with van der Waals surface area (Å²) in [7, 11) is 1.58. The Morgan fingerprint density at radius 1 is 1.15 bits per heavy atom. The van der Waals surface area contributed by atoms with Crippen molar-refractivity contribution in [2.24, 2.45) is 4.99 Å². The minimum Gasteiger partial charge on any atom is -0.508 e. The van der Waals surface area contributed by atoms with Crippen molar-refractivity contribution in [2.45, 2.75) is 6.42 Å². The molecule has 0 saturated heterocycles. The molecule has 1 N–H and O–H groups in total. The zero-order valence-electron chi connectivity index (χ0n) is 11.1. The first-order chi connectivity index (χ1) is 9.69. The third-order valence-corrected chi connectivity index (χ3v) is 2.78. The van der Waals surface area contributed by atoms with Crippen LogP contribution in [-0.4, -0.2) is 24.2 Å². The second-order valence-corrected chi connectivity index (χ2v) is 4.18. The number of hydrogen-bond donors (Lipinski definition) is 1. The molecule has 4 heteroatoms. The maximum atomic E-state index is 11.9. The predicted molar refractivity (Wildman–Crippen MR) is 78.2 cm³/mol. The molecule has 0 spiro atoms. The quantitative estimate of drug-likeness (QED) is 0.668. The first-order valence-electron chi connectivity index (χ1n) is 6.18. The molecule has 0 aromatic heterocycles. The van der Waals surface area contributed by atoms with E-state index in [1.165, 1.54) is 0 Å². The van der Waals surface area contributed by atoms with Crippen molar-refractivity contribution in [3.05, 3.63) is 54.1 Å². The van der Waals surface area contributed by atoms with Gasteiger partial charge in [-0.05, 0) is 48.5 Å².